The van der Waals surface area contributed by atoms with Crippen molar-refractivity contribution in [1.82, 2.24) is 0 Å². The van der Waals surface area contributed by atoms with Crippen LogP contribution in [0.15, 0.2) is 6.58 Å². The lowest BCUT2D eigenvalue weighted by molar-refractivity contribution is -0.124. The molecular formula is C7H10O3. The van der Waals surface area contributed by atoms with Gasteiger partial charge in [0, 0.05) is 0 Å². The van der Waals surface area contributed by atoms with Crippen LogP contribution in [0, 0.1) is 0 Å². The smallest absolute Gasteiger partial charge is 0.137 e. The minimum Gasteiger partial charge on any atom is -0.300 e. The van der Waals surface area contributed by atoms with E-state index in [2.05, 4.69) is 6.58 Å². The van der Waals surface area contributed by atoms with Gasteiger partial charge in [0.1, 0.15) is 17.5 Å². The number of carbonyl (C=O) groups excluding carboxylic acids is 3. The second-order valence-electron chi connectivity index (χ2n) is 1.73. The average molecular weight is 142 g/mol. The van der Waals surface area contributed by atoms with E-state index in [1.54, 1.807) is 0 Å². The predicted octanol–water partition coefficient (Wildman–Crippen LogP) is 0.558. The Balaban J connectivity index is 0. The number of rotatable bonds is 2. The summed E-state index contributed by atoms with van der Waals surface area (Å²) in [6.07, 6.45) is 0.0833. The molecule has 0 amide bonds. The van der Waals surface area contributed by atoms with Crippen molar-refractivity contribution >= 4 is 17.5 Å². The molecule has 0 spiro atoms. The number of carbonyl (C=O) groups is 2. The second kappa shape index (κ2) is 7.79. The van der Waals surface area contributed by atoms with Crippen molar-refractivity contribution < 1.29 is 14.4 Å². The van der Waals surface area contributed by atoms with Gasteiger partial charge in [-0.1, -0.05) is 0 Å². The molecule has 0 aromatic carbocycles. The van der Waals surface area contributed by atoms with E-state index in [0.717, 1.165) is 0 Å². The van der Waals surface area contributed by atoms with Gasteiger partial charge >= 0.3 is 0 Å². The Labute approximate surface area is 59.7 Å². The van der Waals surface area contributed by atoms with Crippen LogP contribution in [0.4, 0.5) is 0 Å². The van der Waals surface area contributed by atoms with Crippen LogP contribution >= 0.6 is 0 Å². The zero-order chi connectivity index (χ0) is 8.57. The minimum atomic E-state index is -0.0625. The van der Waals surface area contributed by atoms with E-state index < -0.39 is 0 Å². The van der Waals surface area contributed by atoms with Gasteiger partial charge in [0.15, 0.2) is 0 Å². The molecule has 0 heterocycles. The molecule has 0 aromatic heterocycles. The molecule has 0 fully saturated rings. The van der Waals surface area contributed by atoms with Gasteiger partial charge < -0.3 is 0 Å². The fourth-order valence-electron chi connectivity index (χ4n) is 0.351. The molecule has 0 saturated heterocycles. The number of hydrogen-bond acceptors (Lipinski definition) is 3. The number of Topliss-reactive ketones (excluding diaryl/α,β-unsaturated/α-hetero) is 2. The summed E-state index contributed by atoms with van der Waals surface area (Å²) in [4.78, 5) is 28.6. The third-order valence-electron chi connectivity index (χ3n) is 0.498. The third-order valence-corrected chi connectivity index (χ3v) is 0.498. The summed E-state index contributed by atoms with van der Waals surface area (Å²) in [5.41, 5.74) is 0. The molecule has 10 heavy (non-hydrogen) atoms. The summed E-state index contributed by atoms with van der Waals surface area (Å²) >= 11 is 0. The monoisotopic (exact) mass is 142 g/mol. The van der Waals surface area contributed by atoms with Gasteiger partial charge in [0.2, 0.25) is 0 Å². The molecule has 0 radical (unpaired) electrons. The van der Waals surface area contributed by atoms with E-state index in [1.807, 2.05) is 0 Å². The van der Waals surface area contributed by atoms with Crippen molar-refractivity contribution in [2.45, 2.75) is 20.3 Å². The highest BCUT2D eigenvalue weighted by atomic mass is 16.1. The maximum Gasteiger partial charge on any atom is 0.137 e. The molecule has 0 aliphatic rings. The predicted molar refractivity (Wildman–Crippen MR) is 37.3 cm³/mol. The molecule has 0 N–H and O–H groups in total. The standard InChI is InChI=1S/C5H8O2.C2H2O/c1-4(6)3-5(2)7;1-2-3/h3H2,1-2H3;1H2. The van der Waals surface area contributed by atoms with E-state index in [1.165, 1.54) is 19.8 Å². The Hall–Kier alpha value is -1.21. The van der Waals surface area contributed by atoms with Crippen LogP contribution in [-0.4, -0.2) is 17.5 Å². The zero-order valence-electron chi connectivity index (χ0n) is 6.14. The Morgan fingerprint density at radius 2 is 1.50 bits per heavy atom. The first-order chi connectivity index (χ1) is 4.54. The maximum absolute atomic E-state index is 10.0. The van der Waals surface area contributed by atoms with E-state index in [9.17, 15) is 9.59 Å². The lowest BCUT2D eigenvalue weighted by Gasteiger charge is -1.81. The first-order valence-electron chi connectivity index (χ1n) is 2.67. The molecule has 0 unspecified atom stereocenters. The van der Waals surface area contributed by atoms with Crippen LogP contribution in [0.3, 0.4) is 0 Å². The molecule has 0 rings (SSSR count). The molecule has 0 aliphatic carbocycles. The maximum atomic E-state index is 10.0. The lowest BCUT2D eigenvalue weighted by atomic mass is 10.2. The summed E-state index contributed by atoms with van der Waals surface area (Å²) in [7, 11) is 0. The molecule has 0 atom stereocenters. The fourth-order valence-corrected chi connectivity index (χ4v) is 0.351. The SMILES string of the molecule is C=C=O.CC(=O)CC(C)=O. The largest absolute Gasteiger partial charge is 0.300 e. The zero-order valence-corrected chi connectivity index (χ0v) is 6.14. The van der Waals surface area contributed by atoms with Crippen molar-refractivity contribution in [3.8, 4) is 0 Å². The van der Waals surface area contributed by atoms with Crippen molar-refractivity contribution in [1.29, 1.82) is 0 Å². The van der Waals surface area contributed by atoms with Crippen LogP contribution < -0.4 is 0 Å². The summed E-state index contributed by atoms with van der Waals surface area (Å²) in [6.45, 7) is 5.49. The Morgan fingerprint density at radius 3 is 1.50 bits per heavy atom. The summed E-state index contributed by atoms with van der Waals surface area (Å²) in [6, 6.07) is 0. The molecule has 3 heteroatoms. The van der Waals surface area contributed by atoms with Crippen molar-refractivity contribution in [2.75, 3.05) is 0 Å². The first-order valence-corrected chi connectivity index (χ1v) is 2.67. The average Bonchev–Trinajstić information content (AvgIpc) is 1.62. The van der Waals surface area contributed by atoms with Crippen molar-refractivity contribution in [2.24, 2.45) is 0 Å². The summed E-state index contributed by atoms with van der Waals surface area (Å²) in [5, 5.41) is 0. The van der Waals surface area contributed by atoms with Gasteiger partial charge in [-0.3, -0.25) is 9.59 Å². The Morgan fingerprint density at radius 1 is 1.30 bits per heavy atom. The Kier molecular flexibility index (Phi) is 9.01. The van der Waals surface area contributed by atoms with Crippen LogP contribution in [0.2, 0.25) is 0 Å². The van der Waals surface area contributed by atoms with Gasteiger partial charge in [-0.15, -0.1) is 0 Å². The van der Waals surface area contributed by atoms with Crippen LogP contribution in [0.1, 0.15) is 20.3 Å². The highest BCUT2D eigenvalue weighted by Crippen LogP contribution is 1.80. The van der Waals surface area contributed by atoms with Crippen molar-refractivity contribution in [3.05, 3.63) is 6.58 Å². The van der Waals surface area contributed by atoms with E-state index in [-0.39, 0.29) is 18.0 Å². The molecule has 0 aliphatic heterocycles. The third kappa shape index (κ3) is 29.2. The molecule has 0 bridgehead atoms. The van der Waals surface area contributed by atoms with Gasteiger partial charge in [0.05, 0.1) is 6.42 Å². The van der Waals surface area contributed by atoms with Crippen LogP contribution in [0.25, 0.3) is 0 Å². The van der Waals surface area contributed by atoms with E-state index in [4.69, 9.17) is 4.79 Å². The van der Waals surface area contributed by atoms with Gasteiger partial charge in [-0.2, -0.15) is 0 Å². The second-order valence-corrected chi connectivity index (χ2v) is 1.73. The van der Waals surface area contributed by atoms with Gasteiger partial charge in [-0.25, -0.2) is 4.79 Å². The van der Waals surface area contributed by atoms with Crippen LogP contribution in [0.5, 0.6) is 0 Å². The minimum absolute atomic E-state index is 0.0625. The summed E-state index contributed by atoms with van der Waals surface area (Å²) in [5.74, 6) is 1.13. The van der Waals surface area contributed by atoms with E-state index >= 15 is 0 Å². The van der Waals surface area contributed by atoms with E-state index in [0.29, 0.717) is 0 Å². The fraction of sp³-hybridized carbons (Fsp3) is 0.429. The normalized spacial score (nSPS) is 6.60. The quantitative estimate of drug-likeness (QED) is 0.418. The summed E-state index contributed by atoms with van der Waals surface area (Å²) < 4.78 is 0. The molecule has 0 aromatic rings. The van der Waals surface area contributed by atoms with Gasteiger partial charge in [0.25, 0.3) is 0 Å². The number of ketones is 2. The topological polar surface area (TPSA) is 51.2 Å². The lowest BCUT2D eigenvalue weighted by Crippen LogP contribution is -1.97. The highest BCUT2D eigenvalue weighted by Gasteiger charge is 1.94. The molecule has 0 saturated carbocycles. The molecule has 3 nitrogen and oxygen atoms in total. The highest BCUT2D eigenvalue weighted by molar-refractivity contribution is 5.96. The number of hydrogen-bond donors (Lipinski definition) is 0. The Bertz CT molecular complexity index is 140. The molecule has 56 valence electrons. The first kappa shape index (κ1) is 11.6. The molecular weight excluding hydrogens is 132 g/mol. The van der Waals surface area contributed by atoms with Crippen molar-refractivity contribution in [3.63, 3.8) is 0 Å². The van der Waals surface area contributed by atoms with Gasteiger partial charge in [-0.05, 0) is 20.4 Å². The van der Waals surface area contributed by atoms with Crippen LogP contribution in [-0.2, 0) is 14.4 Å².